The maximum atomic E-state index is 13.3. The van der Waals surface area contributed by atoms with Crippen LogP contribution in [-0.4, -0.2) is 54.0 Å². The van der Waals surface area contributed by atoms with Crippen molar-refractivity contribution in [2.75, 3.05) is 30.4 Å². The lowest BCUT2D eigenvalue weighted by atomic mass is 10.1. The number of nitrogens with zero attached hydrogens (tertiary/aromatic N) is 2. The van der Waals surface area contributed by atoms with Gasteiger partial charge in [0.05, 0.1) is 19.2 Å². The molecular formula is C22H23ClN4O4S. The minimum atomic E-state index is -0.812. The number of methoxy groups -OCH3 is 1. The second-order valence-electron chi connectivity index (χ2n) is 7.11. The number of rotatable bonds is 8. The van der Waals surface area contributed by atoms with Crippen molar-refractivity contribution < 1.29 is 19.1 Å². The molecule has 32 heavy (non-hydrogen) atoms. The van der Waals surface area contributed by atoms with Crippen molar-refractivity contribution >= 4 is 58.0 Å². The second-order valence-corrected chi connectivity index (χ2v) is 7.91. The number of hydrogen-bond donors (Lipinski definition) is 2. The molecule has 10 heteroatoms. The Balaban J connectivity index is 1.78. The van der Waals surface area contributed by atoms with E-state index in [1.54, 1.807) is 60.5 Å². The molecular weight excluding hydrogens is 452 g/mol. The Kier molecular flexibility index (Phi) is 7.66. The Morgan fingerprint density at radius 3 is 2.53 bits per heavy atom. The van der Waals surface area contributed by atoms with Gasteiger partial charge in [-0.2, -0.15) is 0 Å². The van der Waals surface area contributed by atoms with Crippen molar-refractivity contribution in [3.8, 4) is 5.75 Å². The van der Waals surface area contributed by atoms with E-state index in [0.29, 0.717) is 22.1 Å². The summed E-state index contributed by atoms with van der Waals surface area (Å²) in [6, 6.07) is 12.8. The minimum Gasteiger partial charge on any atom is -0.497 e. The van der Waals surface area contributed by atoms with Crippen LogP contribution in [0.5, 0.6) is 5.75 Å². The quantitative estimate of drug-likeness (QED) is 0.572. The van der Waals surface area contributed by atoms with Crippen LogP contribution < -0.4 is 20.3 Å². The molecule has 2 aromatic carbocycles. The Hall–Kier alpha value is -3.17. The lowest BCUT2D eigenvalue weighted by Crippen LogP contribution is -2.42. The maximum absolute atomic E-state index is 13.3. The molecule has 1 saturated heterocycles. The molecule has 0 bridgehead atoms. The molecule has 168 valence electrons. The Labute approximate surface area is 196 Å². The molecule has 1 atom stereocenters. The fourth-order valence-corrected chi connectivity index (χ4v) is 3.95. The first kappa shape index (κ1) is 23.5. The number of hydrogen-bond acceptors (Lipinski definition) is 5. The van der Waals surface area contributed by atoms with E-state index in [1.165, 1.54) is 11.8 Å². The van der Waals surface area contributed by atoms with E-state index in [4.69, 9.17) is 28.6 Å². The van der Waals surface area contributed by atoms with Gasteiger partial charge in [-0.1, -0.05) is 17.7 Å². The van der Waals surface area contributed by atoms with Crippen LogP contribution in [0.1, 0.15) is 13.3 Å². The maximum Gasteiger partial charge on any atom is 0.256 e. The van der Waals surface area contributed by atoms with Crippen molar-refractivity contribution in [2.24, 2.45) is 0 Å². The standard InChI is InChI=1S/C22H23ClN4O4S/c1-14(28)24-10-11-26-19(13-20(29)25-16-6-8-18(31-2)9-7-16)21(30)27(22(26)32)17-5-3-4-15(23)12-17/h3-9,12,19H,10-11,13H2,1-2H3,(H,24,28)(H,25,29). The molecule has 1 fully saturated rings. The zero-order valence-corrected chi connectivity index (χ0v) is 19.2. The zero-order valence-electron chi connectivity index (χ0n) is 17.6. The number of anilines is 2. The Morgan fingerprint density at radius 2 is 1.91 bits per heavy atom. The highest BCUT2D eigenvalue weighted by atomic mass is 35.5. The van der Waals surface area contributed by atoms with Gasteiger partial charge in [0.15, 0.2) is 5.11 Å². The summed E-state index contributed by atoms with van der Waals surface area (Å²) in [5, 5.41) is 6.20. The number of nitrogens with one attached hydrogen (secondary N) is 2. The smallest absolute Gasteiger partial charge is 0.256 e. The highest BCUT2D eigenvalue weighted by Crippen LogP contribution is 2.29. The fourth-order valence-electron chi connectivity index (χ4n) is 3.35. The van der Waals surface area contributed by atoms with E-state index in [1.807, 2.05) is 0 Å². The highest BCUT2D eigenvalue weighted by molar-refractivity contribution is 7.80. The van der Waals surface area contributed by atoms with Gasteiger partial charge >= 0.3 is 0 Å². The fraction of sp³-hybridized carbons (Fsp3) is 0.273. The van der Waals surface area contributed by atoms with Crippen LogP contribution in [0.4, 0.5) is 11.4 Å². The van der Waals surface area contributed by atoms with Gasteiger partial charge in [-0.05, 0) is 54.7 Å². The molecule has 0 aromatic heterocycles. The van der Waals surface area contributed by atoms with Crippen LogP contribution in [0.15, 0.2) is 48.5 Å². The van der Waals surface area contributed by atoms with E-state index >= 15 is 0 Å². The second kappa shape index (κ2) is 10.4. The number of amides is 3. The normalized spacial score (nSPS) is 15.7. The van der Waals surface area contributed by atoms with E-state index < -0.39 is 6.04 Å². The Bertz CT molecular complexity index is 1030. The SMILES string of the molecule is COc1ccc(NC(=O)CC2C(=O)N(c3cccc(Cl)c3)C(=S)N2CCNC(C)=O)cc1. The summed E-state index contributed by atoms with van der Waals surface area (Å²) in [5.74, 6) is -0.193. The van der Waals surface area contributed by atoms with Gasteiger partial charge in [0.1, 0.15) is 11.8 Å². The summed E-state index contributed by atoms with van der Waals surface area (Å²) in [6.07, 6.45) is -0.109. The van der Waals surface area contributed by atoms with E-state index in [-0.39, 0.29) is 42.3 Å². The van der Waals surface area contributed by atoms with E-state index in [9.17, 15) is 14.4 Å². The monoisotopic (exact) mass is 474 g/mol. The lowest BCUT2D eigenvalue weighted by Gasteiger charge is -2.24. The van der Waals surface area contributed by atoms with Crippen LogP contribution >= 0.6 is 23.8 Å². The van der Waals surface area contributed by atoms with Gasteiger partial charge in [0, 0.05) is 30.7 Å². The van der Waals surface area contributed by atoms with Crippen LogP contribution in [0.3, 0.4) is 0 Å². The third kappa shape index (κ3) is 5.54. The first-order valence-electron chi connectivity index (χ1n) is 9.88. The third-order valence-electron chi connectivity index (χ3n) is 4.86. The van der Waals surface area contributed by atoms with Gasteiger partial charge < -0.3 is 20.3 Å². The average Bonchev–Trinajstić information content (AvgIpc) is 2.98. The molecule has 0 aliphatic carbocycles. The molecule has 1 aliphatic rings. The first-order valence-corrected chi connectivity index (χ1v) is 10.7. The average molecular weight is 475 g/mol. The molecule has 0 saturated carbocycles. The van der Waals surface area contributed by atoms with Gasteiger partial charge in [-0.25, -0.2) is 0 Å². The number of thiocarbonyl (C=S) groups is 1. The van der Waals surface area contributed by atoms with E-state index in [2.05, 4.69) is 10.6 Å². The van der Waals surface area contributed by atoms with Gasteiger partial charge in [-0.3, -0.25) is 19.3 Å². The molecule has 3 rings (SSSR count). The van der Waals surface area contributed by atoms with Crippen LogP contribution in [-0.2, 0) is 14.4 Å². The van der Waals surface area contributed by atoms with Crippen LogP contribution in [0.2, 0.25) is 5.02 Å². The zero-order chi connectivity index (χ0) is 23.3. The number of benzene rings is 2. The largest absolute Gasteiger partial charge is 0.497 e. The van der Waals surface area contributed by atoms with Crippen molar-refractivity contribution in [3.63, 3.8) is 0 Å². The molecule has 0 spiro atoms. The molecule has 2 aromatic rings. The topological polar surface area (TPSA) is 91.0 Å². The summed E-state index contributed by atoms with van der Waals surface area (Å²) < 4.78 is 5.12. The molecule has 1 aliphatic heterocycles. The first-order chi connectivity index (χ1) is 15.3. The van der Waals surface area contributed by atoms with Crippen molar-refractivity contribution in [3.05, 3.63) is 53.6 Å². The molecule has 1 heterocycles. The summed E-state index contributed by atoms with van der Waals surface area (Å²) in [5.41, 5.74) is 1.11. The summed E-state index contributed by atoms with van der Waals surface area (Å²) in [4.78, 5) is 40.3. The predicted octanol–water partition coefficient (Wildman–Crippen LogP) is 2.82. The number of carbonyl (C=O) groups excluding carboxylic acids is 3. The molecule has 3 amide bonds. The third-order valence-corrected chi connectivity index (χ3v) is 5.52. The summed E-state index contributed by atoms with van der Waals surface area (Å²) >= 11 is 11.7. The summed E-state index contributed by atoms with van der Waals surface area (Å²) in [6.45, 7) is 1.97. The van der Waals surface area contributed by atoms with Gasteiger partial charge in [-0.15, -0.1) is 0 Å². The lowest BCUT2D eigenvalue weighted by molar-refractivity contribution is -0.124. The highest BCUT2D eigenvalue weighted by Gasteiger charge is 2.43. The number of carbonyl (C=O) groups is 3. The molecule has 1 unspecified atom stereocenters. The number of ether oxygens (including phenoxy) is 1. The van der Waals surface area contributed by atoms with Crippen molar-refractivity contribution in [2.45, 2.75) is 19.4 Å². The van der Waals surface area contributed by atoms with Gasteiger partial charge in [0.25, 0.3) is 5.91 Å². The molecule has 8 nitrogen and oxygen atoms in total. The predicted molar refractivity (Wildman–Crippen MR) is 127 cm³/mol. The van der Waals surface area contributed by atoms with Crippen LogP contribution in [0.25, 0.3) is 0 Å². The summed E-state index contributed by atoms with van der Waals surface area (Å²) in [7, 11) is 1.56. The van der Waals surface area contributed by atoms with Gasteiger partial charge in [0.2, 0.25) is 11.8 Å². The van der Waals surface area contributed by atoms with Crippen molar-refractivity contribution in [1.29, 1.82) is 0 Å². The molecule has 0 radical (unpaired) electrons. The van der Waals surface area contributed by atoms with E-state index in [0.717, 1.165) is 0 Å². The minimum absolute atomic E-state index is 0.109. The van der Waals surface area contributed by atoms with Crippen molar-refractivity contribution in [1.82, 2.24) is 10.2 Å². The van der Waals surface area contributed by atoms with Crippen LogP contribution in [0, 0.1) is 0 Å². The number of halogens is 1. The molecule has 2 N–H and O–H groups in total. The Morgan fingerprint density at radius 1 is 1.19 bits per heavy atom.